The van der Waals surface area contributed by atoms with Crippen molar-refractivity contribution in [1.82, 2.24) is 9.80 Å². The molecule has 1 amide bonds. The van der Waals surface area contributed by atoms with Gasteiger partial charge in [0.2, 0.25) is 5.91 Å². The highest BCUT2D eigenvalue weighted by Crippen LogP contribution is 2.28. The quantitative estimate of drug-likeness (QED) is 0.590. The zero-order valence-corrected chi connectivity index (χ0v) is 17.8. The van der Waals surface area contributed by atoms with Crippen molar-refractivity contribution in [2.24, 2.45) is 11.8 Å². The molecule has 0 aromatic heterocycles. The Labute approximate surface area is 155 Å². The van der Waals surface area contributed by atoms with Gasteiger partial charge in [0.25, 0.3) is 0 Å². The molecule has 0 aliphatic heterocycles. The second-order valence-electron chi connectivity index (χ2n) is 8.53. The van der Waals surface area contributed by atoms with Gasteiger partial charge >= 0.3 is 0 Å². The maximum Gasteiger partial charge on any atom is 0.236 e. The van der Waals surface area contributed by atoms with Crippen LogP contribution in [0.5, 0.6) is 0 Å². The highest BCUT2D eigenvalue weighted by molar-refractivity contribution is 7.91. The first-order chi connectivity index (χ1) is 11.5. The molecular weight excluding hydrogens is 336 g/mol. The summed E-state index contributed by atoms with van der Waals surface area (Å²) in [6, 6.07) is -0.0315. The van der Waals surface area contributed by atoms with Crippen LogP contribution in [0.25, 0.3) is 0 Å². The number of sulfone groups is 1. The van der Waals surface area contributed by atoms with Crippen LogP contribution in [0.4, 0.5) is 0 Å². The summed E-state index contributed by atoms with van der Waals surface area (Å²) in [5, 5.41) is -0.329. The molecule has 0 heterocycles. The van der Waals surface area contributed by atoms with Gasteiger partial charge in [0, 0.05) is 25.4 Å². The summed E-state index contributed by atoms with van der Waals surface area (Å²) in [5.41, 5.74) is 0. The van der Waals surface area contributed by atoms with Gasteiger partial charge in [-0.05, 0) is 44.6 Å². The van der Waals surface area contributed by atoms with Crippen LogP contribution in [0.2, 0.25) is 0 Å². The number of nitrogens with zero attached hydrogens (tertiary/aromatic N) is 2. The molecule has 0 aromatic rings. The molecule has 0 bridgehead atoms. The molecule has 148 valence electrons. The standard InChI is InChI=1S/C19H38N2O3S/c1-15(2)10-12-21(13-11-16(3)4)19(22)14-20(5)17-8-7-9-18(17)25(6,23)24/h15-18H,7-14H2,1-6H3/t17-,18+/m1/s1. The lowest BCUT2D eigenvalue weighted by Crippen LogP contribution is -2.47. The normalized spacial score (nSPS) is 21.5. The molecule has 1 fully saturated rings. The second-order valence-corrected chi connectivity index (χ2v) is 10.8. The third-order valence-electron chi connectivity index (χ3n) is 5.22. The number of rotatable bonds is 10. The van der Waals surface area contributed by atoms with E-state index in [0.717, 1.165) is 38.8 Å². The summed E-state index contributed by atoms with van der Waals surface area (Å²) < 4.78 is 24.0. The van der Waals surface area contributed by atoms with E-state index >= 15 is 0 Å². The fourth-order valence-corrected chi connectivity index (χ4v) is 5.04. The minimum absolute atomic E-state index is 0.0315. The van der Waals surface area contributed by atoms with Crippen molar-refractivity contribution in [2.75, 3.05) is 32.9 Å². The molecular formula is C19H38N2O3S. The van der Waals surface area contributed by atoms with Crippen molar-refractivity contribution in [3.05, 3.63) is 0 Å². The molecule has 2 atom stereocenters. The van der Waals surface area contributed by atoms with Crippen molar-refractivity contribution >= 4 is 15.7 Å². The third-order valence-corrected chi connectivity index (χ3v) is 6.87. The number of hydrogen-bond acceptors (Lipinski definition) is 4. The van der Waals surface area contributed by atoms with E-state index in [0.29, 0.717) is 24.8 Å². The molecule has 5 nitrogen and oxygen atoms in total. The first kappa shape index (κ1) is 22.4. The van der Waals surface area contributed by atoms with Crippen molar-refractivity contribution in [1.29, 1.82) is 0 Å². The van der Waals surface area contributed by atoms with Crippen molar-refractivity contribution in [2.45, 2.75) is 71.1 Å². The van der Waals surface area contributed by atoms with Crippen LogP contribution in [0.15, 0.2) is 0 Å². The van der Waals surface area contributed by atoms with Gasteiger partial charge < -0.3 is 4.90 Å². The third kappa shape index (κ3) is 7.65. The van der Waals surface area contributed by atoms with Gasteiger partial charge in [-0.3, -0.25) is 9.69 Å². The summed E-state index contributed by atoms with van der Waals surface area (Å²) in [4.78, 5) is 16.8. The Hall–Kier alpha value is -0.620. The van der Waals surface area contributed by atoms with Crippen LogP contribution in [0.1, 0.15) is 59.8 Å². The summed E-state index contributed by atoms with van der Waals surface area (Å²) >= 11 is 0. The minimum atomic E-state index is -3.06. The molecule has 0 spiro atoms. The maximum atomic E-state index is 12.8. The number of carbonyl (C=O) groups is 1. The molecule has 0 saturated heterocycles. The number of amides is 1. The molecule has 0 radical (unpaired) electrons. The topological polar surface area (TPSA) is 57.7 Å². The molecule has 1 rings (SSSR count). The Morgan fingerprint density at radius 3 is 2.00 bits per heavy atom. The summed E-state index contributed by atoms with van der Waals surface area (Å²) in [6.07, 6.45) is 5.83. The van der Waals surface area contributed by atoms with E-state index in [2.05, 4.69) is 27.7 Å². The highest BCUT2D eigenvalue weighted by atomic mass is 32.2. The van der Waals surface area contributed by atoms with Crippen LogP contribution in [-0.2, 0) is 14.6 Å². The zero-order valence-electron chi connectivity index (χ0n) is 17.0. The van der Waals surface area contributed by atoms with Crippen molar-refractivity contribution in [3.8, 4) is 0 Å². The lowest BCUT2D eigenvalue weighted by atomic mass is 10.1. The Bertz CT molecular complexity index is 505. The fourth-order valence-electron chi connectivity index (χ4n) is 3.53. The number of carbonyl (C=O) groups excluding carboxylic acids is 1. The molecule has 1 saturated carbocycles. The highest BCUT2D eigenvalue weighted by Gasteiger charge is 2.37. The van der Waals surface area contributed by atoms with Crippen LogP contribution in [0, 0.1) is 11.8 Å². The minimum Gasteiger partial charge on any atom is -0.342 e. The van der Waals surface area contributed by atoms with E-state index in [1.165, 1.54) is 6.26 Å². The van der Waals surface area contributed by atoms with Crippen molar-refractivity contribution < 1.29 is 13.2 Å². The van der Waals surface area contributed by atoms with Crippen LogP contribution in [0.3, 0.4) is 0 Å². The smallest absolute Gasteiger partial charge is 0.236 e. The Kier molecular flexibility index (Phi) is 8.89. The van der Waals surface area contributed by atoms with Crippen molar-refractivity contribution in [3.63, 3.8) is 0 Å². The molecule has 6 heteroatoms. The molecule has 1 aliphatic carbocycles. The summed E-state index contributed by atoms with van der Waals surface area (Å²) in [5.74, 6) is 1.26. The van der Waals surface area contributed by atoms with Gasteiger partial charge in [0.15, 0.2) is 9.84 Å². The van der Waals surface area contributed by atoms with E-state index in [1.807, 2.05) is 16.8 Å². The Balaban J connectivity index is 2.69. The van der Waals surface area contributed by atoms with Crippen LogP contribution in [-0.4, -0.2) is 68.4 Å². The van der Waals surface area contributed by atoms with E-state index in [9.17, 15) is 13.2 Å². The average molecular weight is 375 g/mol. The Morgan fingerprint density at radius 2 is 1.56 bits per heavy atom. The molecule has 0 aromatic carbocycles. The lowest BCUT2D eigenvalue weighted by molar-refractivity contribution is -0.133. The van der Waals surface area contributed by atoms with E-state index in [4.69, 9.17) is 0 Å². The number of likely N-dealkylation sites (N-methyl/N-ethyl adjacent to an activating group) is 1. The largest absolute Gasteiger partial charge is 0.342 e. The first-order valence-corrected chi connectivity index (χ1v) is 11.6. The lowest BCUT2D eigenvalue weighted by Gasteiger charge is -2.31. The van der Waals surface area contributed by atoms with Gasteiger partial charge in [-0.25, -0.2) is 8.42 Å². The van der Waals surface area contributed by atoms with Crippen LogP contribution >= 0.6 is 0 Å². The van der Waals surface area contributed by atoms with Gasteiger partial charge in [-0.15, -0.1) is 0 Å². The van der Waals surface area contributed by atoms with Crippen LogP contribution < -0.4 is 0 Å². The molecule has 1 aliphatic rings. The molecule has 0 unspecified atom stereocenters. The van der Waals surface area contributed by atoms with E-state index < -0.39 is 9.84 Å². The maximum absolute atomic E-state index is 12.8. The summed E-state index contributed by atoms with van der Waals surface area (Å²) in [7, 11) is -1.16. The average Bonchev–Trinajstić information content (AvgIpc) is 2.96. The fraction of sp³-hybridized carbons (Fsp3) is 0.947. The predicted octanol–water partition coefficient (Wildman–Crippen LogP) is 2.80. The molecule has 25 heavy (non-hydrogen) atoms. The van der Waals surface area contributed by atoms with Gasteiger partial charge in [-0.1, -0.05) is 34.1 Å². The van der Waals surface area contributed by atoms with Gasteiger partial charge in [0.1, 0.15) is 0 Å². The molecule has 0 N–H and O–H groups in total. The van der Waals surface area contributed by atoms with Gasteiger partial charge in [-0.2, -0.15) is 0 Å². The Morgan fingerprint density at radius 1 is 1.04 bits per heavy atom. The van der Waals surface area contributed by atoms with E-state index in [1.54, 1.807) is 0 Å². The van der Waals surface area contributed by atoms with Gasteiger partial charge in [0.05, 0.1) is 11.8 Å². The SMILES string of the molecule is CC(C)CCN(CCC(C)C)C(=O)CN(C)[C@@H]1CCC[C@@H]1S(C)(=O)=O. The zero-order chi connectivity index (χ0) is 19.2. The van der Waals surface area contributed by atoms with E-state index in [-0.39, 0.29) is 17.2 Å². The predicted molar refractivity (Wildman–Crippen MR) is 104 cm³/mol. The first-order valence-electron chi connectivity index (χ1n) is 9.69. The summed E-state index contributed by atoms with van der Waals surface area (Å²) in [6.45, 7) is 10.6. The monoisotopic (exact) mass is 374 g/mol. The number of hydrogen-bond donors (Lipinski definition) is 0. The second kappa shape index (κ2) is 9.91.